The van der Waals surface area contributed by atoms with Gasteiger partial charge in [-0.25, -0.2) is 22.0 Å². The lowest BCUT2D eigenvalue weighted by Gasteiger charge is -2.19. The number of anilines is 1. The molecule has 216 valence electrons. The van der Waals surface area contributed by atoms with Crippen molar-refractivity contribution < 1.29 is 35.5 Å². The summed E-state index contributed by atoms with van der Waals surface area (Å²) in [6, 6.07) is 8.19. The van der Waals surface area contributed by atoms with Crippen LogP contribution in [0.3, 0.4) is 0 Å². The number of nitrogens with one attached hydrogen (secondary N) is 1. The molecule has 1 fully saturated rings. The zero-order valence-corrected chi connectivity index (χ0v) is 23.4. The minimum absolute atomic E-state index is 0.00118. The maximum Gasteiger partial charge on any atom is 0.422 e. The number of benzene rings is 1. The van der Waals surface area contributed by atoms with Gasteiger partial charge in [0.2, 0.25) is 10.0 Å². The monoisotopic (exact) mass is 574 g/mol. The fraction of sp³-hybridized carbons (Fsp3) is 0.462. The van der Waals surface area contributed by atoms with E-state index in [0.717, 1.165) is 55.9 Å². The molecule has 0 bridgehead atoms. The highest BCUT2D eigenvalue weighted by Gasteiger charge is 2.32. The summed E-state index contributed by atoms with van der Waals surface area (Å²) >= 11 is 0. The molecule has 3 heterocycles. The van der Waals surface area contributed by atoms with Crippen molar-refractivity contribution in [3.8, 4) is 5.75 Å². The maximum atomic E-state index is 12.5. The second kappa shape index (κ2) is 13.1. The molecule has 3 aromatic rings. The van der Waals surface area contributed by atoms with E-state index < -0.39 is 39.3 Å². The molecule has 0 spiro atoms. The van der Waals surface area contributed by atoms with Gasteiger partial charge >= 0.3 is 6.18 Å². The summed E-state index contributed by atoms with van der Waals surface area (Å²) in [7, 11) is -3.76. The number of ether oxygens (including phenoxy) is 1. The predicted molar refractivity (Wildman–Crippen MR) is 142 cm³/mol. The molecule has 0 atom stereocenters. The van der Waals surface area contributed by atoms with Gasteiger partial charge in [0, 0.05) is 25.0 Å². The summed E-state index contributed by atoms with van der Waals surface area (Å²) in [5, 5.41) is 4.14. The number of alkyl halides is 3. The van der Waals surface area contributed by atoms with Crippen LogP contribution in [0.2, 0.25) is 0 Å². The highest BCUT2D eigenvalue weighted by atomic mass is 32.2. The summed E-state index contributed by atoms with van der Waals surface area (Å²) in [5.74, 6) is -1.17. The number of nitrogens with zero attached hydrogens (tertiary/aromatic N) is 3. The third kappa shape index (κ3) is 9.12. The second-order valence-electron chi connectivity index (χ2n) is 9.37. The molecule has 4 rings (SSSR count). The van der Waals surface area contributed by atoms with Gasteiger partial charge in [0.05, 0.1) is 22.0 Å². The third-order valence-electron chi connectivity index (χ3n) is 5.47. The van der Waals surface area contributed by atoms with Crippen LogP contribution in [0, 0.1) is 5.82 Å². The number of halogens is 4. The Balaban J connectivity index is 0.000000301. The first-order valence-electron chi connectivity index (χ1n) is 12.4. The smallest absolute Gasteiger partial charge is 0.422 e. The lowest BCUT2D eigenvalue weighted by atomic mass is 10.2. The molecule has 1 amide bonds. The first kappa shape index (κ1) is 31.9. The Morgan fingerprint density at radius 2 is 1.64 bits per heavy atom. The van der Waals surface area contributed by atoms with E-state index in [9.17, 15) is 30.8 Å². The number of aromatic nitrogens is 2. The van der Waals surface area contributed by atoms with Crippen molar-refractivity contribution in [1.82, 2.24) is 14.3 Å². The fourth-order valence-corrected chi connectivity index (χ4v) is 4.00. The average Bonchev–Trinajstić information content (AvgIpc) is 3.54. The van der Waals surface area contributed by atoms with E-state index in [2.05, 4.69) is 19.5 Å². The van der Waals surface area contributed by atoms with E-state index in [1.165, 1.54) is 6.20 Å². The number of carbonyl (C=O) groups excluding carboxylic acids is 1. The molecule has 2 aromatic heterocycles. The van der Waals surface area contributed by atoms with E-state index in [4.69, 9.17) is 0 Å². The van der Waals surface area contributed by atoms with E-state index in [0.29, 0.717) is 5.52 Å². The van der Waals surface area contributed by atoms with Crippen molar-refractivity contribution in [2.24, 2.45) is 0 Å². The van der Waals surface area contributed by atoms with Crippen LogP contribution in [-0.2, 0) is 10.0 Å². The van der Waals surface area contributed by atoms with Gasteiger partial charge in [-0.15, -0.1) is 0 Å². The molecule has 1 aliphatic heterocycles. The first-order valence-corrected chi connectivity index (χ1v) is 13.9. The van der Waals surface area contributed by atoms with Crippen molar-refractivity contribution in [1.29, 1.82) is 0 Å². The Labute approximate surface area is 226 Å². The molecular weight excluding hydrogens is 540 g/mol. The third-order valence-corrected chi connectivity index (χ3v) is 7.54. The van der Waals surface area contributed by atoms with Crippen LogP contribution in [0.1, 0.15) is 57.8 Å². The zero-order valence-electron chi connectivity index (χ0n) is 22.5. The van der Waals surface area contributed by atoms with Crippen molar-refractivity contribution >= 4 is 27.1 Å². The van der Waals surface area contributed by atoms with Gasteiger partial charge in [-0.3, -0.25) is 4.79 Å². The fourth-order valence-electron chi connectivity index (χ4n) is 3.34. The first-order chi connectivity index (χ1) is 18.2. The molecular formula is C26H34F4N4O4S. The SMILES string of the molecule is CC.CC(C)(C)S(=O)(=O)NC(=O)c1cnn2ccc(N3CCCC3)cc12.Fc1ccc(OCC(F)(F)F)cc1. The number of pyridine rings is 1. The van der Waals surface area contributed by atoms with Gasteiger partial charge in [0.15, 0.2) is 6.61 Å². The molecule has 8 nitrogen and oxygen atoms in total. The summed E-state index contributed by atoms with van der Waals surface area (Å²) in [6.07, 6.45) is 1.13. The van der Waals surface area contributed by atoms with Gasteiger partial charge in [-0.05, 0) is 70.0 Å². The summed E-state index contributed by atoms with van der Waals surface area (Å²) in [6.45, 7) is 9.26. The van der Waals surface area contributed by atoms with Crippen molar-refractivity contribution in [2.45, 2.75) is 58.4 Å². The highest BCUT2D eigenvalue weighted by Crippen LogP contribution is 2.24. The Morgan fingerprint density at radius 1 is 1.05 bits per heavy atom. The van der Waals surface area contributed by atoms with Crippen LogP contribution in [0.25, 0.3) is 5.52 Å². The molecule has 0 aliphatic carbocycles. The van der Waals surface area contributed by atoms with Gasteiger partial charge in [-0.2, -0.15) is 18.3 Å². The molecule has 1 aromatic carbocycles. The molecule has 0 unspecified atom stereocenters. The minimum atomic E-state index is -4.37. The highest BCUT2D eigenvalue weighted by molar-refractivity contribution is 7.91. The van der Waals surface area contributed by atoms with Crippen LogP contribution in [-0.4, -0.2) is 54.6 Å². The van der Waals surface area contributed by atoms with Crippen LogP contribution < -0.4 is 14.4 Å². The minimum Gasteiger partial charge on any atom is -0.484 e. The number of carbonyl (C=O) groups is 1. The van der Waals surface area contributed by atoms with E-state index in [1.54, 1.807) is 31.5 Å². The van der Waals surface area contributed by atoms with Crippen LogP contribution in [0.15, 0.2) is 48.8 Å². The normalized spacial score (nSPS) is 13.7. The van der Waals surface area contributed by atoms with E-state index in [-0.39, 0.29) is 11.3 Å². The average molecular weight is 575 g/mol. The van der Waals surface area contributed by atoms with Crippen LogP contribution >= 0.6 is 0 Å². The lowest BCUT2D eigenvalue weighted by Crippen LogP contribution is -2.42. The van der Waals surface area contributed by atoms with Crippen molar-refractivity contribution in [3.05, 3.63) is 60.2 Å². The van der Waals surface area contributed by atoms with Crippen LogP contribution in [0.5, 0.6) is 5.75 Å². The standard InChI is InChI=1S/C16H22N4O3S.C8H6F4O.C2H6/c1-16(2,3)24(22,23)18-15(21)13-11-17-20-9-6-12(10-14(13)20)19-7-4-5-8-19;9-6-1-3-7(4-2-6)13-5-8(10,11)12;1-2/h6,9-11H,4-5,7-8H2,1-3H3,(H,18,21);1-4H,5H2;1-2H3. The quantitative estimate of drug-likeness (QED) is 0.400. The van der Waals surface area contributed by atoms with Crippen molar-refractivity contribution in [2.75, 3.05) is 24.6 Å². The number of rotatable bonds is 5. The molecule has 13 heteroatoms. The summed E-state index contributed by atoms with van der Waals surface area (Å²) < 4.78 is 78.6. The number of amides is 1. The lowest BCUT2D eigenvalue weighted by molar-refractivity contribution is -0.153. The molecule has 0 radical (unpaired) electrons. The zero-order chi connectivity index (χ0) is 29.4. The van der Waals surface area contributed by atoms with Gasteiger partial charge in [0.1, 0.15) is 11.6 Å². The molecule has 0 saturated carbocycles. The number of fused-ring (bicyclic) bond motifs is 1. The maximum absolute atomic E-state index is 12.5. The van der Waals surface area contributed by atoms with E-state index in [1.807, 2.05) is 26.0 Å². The van der Waals surface area contributed by atoms with Gasteiger partial charge in [0.25, 0.3) is 5.91 Å². The largest absolute Gasteiger partial charge is 0.484 e. The predicted octanol–water partition coefficient (Wildman–Crippen LogP) is 5.59. The molecule has 1 N–H and O–H groups in total. The number of sulfonamides is 1. The molecule has 1 aliphatic rings. The number of hydrogen-bond donors (Lipinski definition) is 1. The molecule has 39 heavy (non-hydrogen) atoms. The molecule has 1 saturated heterocycles. The Bertz CT molecular complexity index is 1330. The Kier molecular flexibility index (Phi) is 10.7. The number of hydrogen-bond acceptors (Lipinski definition) is 6. The van der Waals surface area contributed by atoms with Gasteiger partial charge < -0.3 is 9.64 Å². The topological polar surface area (TPSA) is 93.0 Å². The van der Waals surface area contributed by atoms with Crippen LogP contribution in [0.4, 0.5) is 23.2 Å². The summed E-state index contributed by atoms with van der Waals surface area (Å²) in [5.41, 5.74) is 1.87. The van der Waals surface area contributed by atoms with Crippen molar-refractivity contribution in [3.63, 3.8) is 0 Å². The Hall–Kier alpha value is -3.35. The van der Waals surface area contributed by atoms with Gasteiger partial charge in [-0.1, -0.05) is 13.8 Å². The van der Waals surface area contributed by atoms with E-state index >= 15 is 0 Å². The summed E-state index contributed by atoms with van der Waals surface area (Å²) in [4.78, 5) is 14.7. The second-order valence-corrected chi connectivity index (χ2v) is 11.8. The Morgan fingerprint density at radius 3 is 2.18 bits per heavy atom.